The van der Waals surface area contributed by atoms with Gasteiger partial charge >= 0.3 is 0 Å². The molecule has 0 saturated carbocycles. The fraction of sp³-hybridized carbons (Fsp3) is 0.233. The van der Waals surface area contributed by atoms with Gasteiger partial charge in [-0.15, -0.1) is 5.10 Å². The maximum absolute atomic E-state index is 13.8. The number of fused-ring (bicyclic) bond motifs is 1. The summed E-state index contributed by atoms with van der Waals surface area (Å²) in [6.07, 6.45) is 0. The lowest BCUT2D eigenvalue weighted by molar-refractivity contribution is -0.113. The Kier molecular flexibility index (Phi) is 7.51. The zero-order chi connectivity index (χ0) is 26.6. The molecule has 2 N–H and O–H groups in total. The highest BCUT2D eigenvalue weighted by Crippen LogP contribution is 2.37. The van der Waals surface area contributed by atoms with Gasteiger partial charge in [0.15, 0.2) is 0 Å². The third kappa shape index (κ3) is 5.31. The SMILES string of the molecule is CCOc1ccc(C2C(C(=O)Nc3cccc(C)c3C)=C(C)Nc3nc(SCc4ccccc4)nn32)cc1. The Morgan fingerprint density at radius 3 is 2.53 bits per heavy atom. The maximum Gasteiger partial charge on any atom is 0.255 e. The largest absolute Gasteiger partial charge is 0.494 e. The van der Waals surface area contributed by atoms with Crippen molar-refractivity contribution in [2.24, 2.45) is 0 Å². The number of nitrogens with zero attached hydrogens (tertiary/aromatic N) is 3. The van der Waals surface area contributed by atoms with Gasteiger partial charge in [0.25, 0.3) is 5.91 Å². The number of aryl methyl sites for hydroxylation is 1. The van der Waals surface area contributed by atoms with E-state index in [-0.39, 0.29) is 5.91 Å². The highest BCUT2D eigenvalue weighted by atomic mass is 32.2. The van der Waals surface area contributed by atoms with Gasteiger partial charge < -0.3 is 15.4 Å². The number of carbonyl (C=O) groups excluding carboxylic acids is 1. The molecule has 1 aliphatic heterocycles. The van der Waals surface area contributed by atoms with E-state index in [0.717, 1.165) is 39.6 Å². The Bertz CT molecular complexity index is 1480. The standard InChI is InChI=1S/C30H31N5O2S/c1-5-37-24-16-14-23(15-17-24)27-26(28(36)32-25-13-9-10-19(2)20(25)3)21(4)31-29-33-30(34-35(27)29)38-18-22-11-7-6-8-12-22/h6-17,27H,5,18H2,1-4H3,(H,32,36)(H,31,33,34). The Labute approximate surface area is 227 Å². The highest BCUT2D eigenvalue weighted by molar-refractivity contribution is 7.98. The van der Waals surface area contributed by atoms with Crippen LogP contribution in [0, 0.1) is 13.8 Å². The fourth-order valence-corrected chi connectivity index (χ4v) is 5.29. The molecule has 7 nitrogen and oxygen atoms in total. The summed E-state index contributed by atoms with van der Waals surface area (Å²) in [7, 11) is 0. The highest BCUT2D eigenvalue weighted by Gasteiger charge is 2.34. The first-order valence-electron chi connectivity index (χ1n) is 12.7. The van der Waals surface area contributed by atoms with Crippen LogP contribution in [0.5, 0.6) is 5.75 Å². The number of amides is 1. The lowest BCUT2D eigenvalue weighted by atomic mass is 9.94. The number of allylic oxidation sites excluding steroid dienone is 1. The van der Waals surface area contributed by atoms with Gasteiger partial charge in [0.05, 0.1) is 12.2 Å². The number of aromatic nitrogens is 3. The fourth-order valence-electron chi connectivity index (χ4n) is 4.51. The zero-order valence-electron chi connectivity index (χ0n) is 22.0. The van der Waals surface area contributed by atoms with Gasteiger partial charge in [-0.1, -0.05) is 66.4 Å². The van der Waals surface area contributed by atoms with Gasteiger partial charge in [0, 0.05) is 17.1 Å². The van der Waals surface area contributed by atoms with Crippen LogP contribution in [0.3, 0.4) is 0 Å². The molecule has 4 aromatic rings. The van der Waals surface area contributed by atoms with Gasteiger partial charge in [-0.3, -0.25) is 4.79 Å². The zero-order valence-corrected chi connectivity index (χ0v) is 22.8. The lowest BCUT2D eigenvalue weighted by Gasteiger charge is -2.29. The molecule has 1 unspecified atom stereocenters. The Morgan fingerprint density at radius 2 is 1.79 bits per heavy atom. The number of anilines is 2. The number of thioether (sulfide) groups is 1. The van der Waals surface area contributed by atoms with E-state index in [9.17, 15) is 4.79 Å². The van der Waals surface area contributed by atoms with E-state index in [1.54, 1.807) is 11.8 Å². The molecule has 0 fully saturated rings. The van der Waals surface area contributed by atoms with Gasteiger partial charge in [-0.05, 0) is 68.1 Å². The van der Waals surface area contributed by atoms with Gasteiger partial charge in [-0.2, -0.15) is 4.98 Å². The van der Waals surface area contributed by atoms with Crippen molar-refractivity contribution >= 4 is 29.3 Å². The normalized spacial score (nSPS) is 14.6. The van der Waals surface area contributed by atoms with Crippen LogP contribution in [-0.4, -0.2) is 27.3 Å². The van der Waals surface area contributed by atoms with E-state index in [1.807, 2.05) is 93.0 Å². The molecule has 38 heavy (non-hydrogen) atoms. The monoisotopic (exact) mass is 525 g/mol. The lowest BCUT2D eigenvalue weighted by Crippen LogP contribution is -2.31. The predicted molar refractivity (Wildman–Crippen MR) is 153 cm³/mol. The summed E-state index contributed by atoms with van der Waals surface area (Å²) >= 11 is 1.57. The van der Waals surface area contributed by atoms with Crippen LogP contribution in [0.25, 0.3) is 0 Å². The van der Waals surface area contributed by atoms with Crippen LogP contribution in [-0.2, 0) is 10.5 Å². The third-order valence-corrected chi connectivity index (χ3v) is 7.56. The molecule has 0 saturated heterocycles. The van der Waals surface area contributed by atoms with E-state index in [0.29, 0.717) is 23.3 Å². The van der Waals surface area contributed by atoms with E-state index < -0.39 is 6.04 Å². The van der Waals surface area contributed by atoms with Crippen molar-refractivity contribution in [3.05, 3.63) is 106 Å². The van der Waals surface area contributed by atoms with Crippen molar-refractivity contribution in [3.8, 4) is 5.75 Å². The van der Waals surface area contributed by atoms with Crippen LogP contribution in [0.15, 0.2) is 89.2 Å². The van der Waals surface area contributed by atoms with Gasteiger partial charge in [0.1, 0.15) is 11.8 Å². The number of rotatable bonds is 8. The molecule has 0 radical (unpaired) electrons. The van der Waals surface area contributed by atoms with E-state index in [1.165, 1.54) is 5.56 Å². The second kappa shape index (κ2) is 11.1. The summed E-state index contributed by atoms with van der Waals surface area (Å²) in [5, 5.41) is 12.0. The minimum absolute atomic E-state index is 0.178. The van der Waals surface area contributed by atoms with Crippen molar-refractivity contribution < 1.29 is 9.53 Å². The second-order valence-electron chi connectivity index (χ2n) is 9.21. The molecule has 2 heterocycles. The average Bonchev–Trinajstić information content (AvgIpc) is 3.33. The first-order valence-corrected chi connectivity index (χ1v) is 13.6. The van der Waals surface area contributed by atoms with E-state index in [2.05, 4.69) is 22.8 Å². The summed E-state index contributed by atoms with van der Waals surface area (Å²) in [6, 6.07) is 23.5. The first-order chi connectivity index (χ1) is 18.4. The van der Waals surface area contributed by atoms with Crippen LogP contribution >= 0.6 is 11.8 Å². The smallest absolute Gasteiger partial charge is 0.255 e. The molecule has 8 heteroatoms. The number of hydrogen-bond donors (Lipinski definition) is 2. The summed E-state index contributed by atoms with van der Waals surface area (Å²) in [5.41, 5.74) is 6.41. The molecule has 194 valence electrons. The molecule has 0 spiro atoms. The van der Waals surface area contributed by atoms with Crippen molar-refractivity contribution in [3.63, 3.8) is 0 Å². The molecule has 1 amide bonds. The van der Waals surface area contributed by atoms with Crippen molar-refractivity contribution in [2.45, 2.75) is 44.6 Å². The van der Waals surface area contributed by atoms with Crippen LogP contribution in [0.1, 0.15) is 42.1 Å². The number of ether oxygens (including phenoxy) is 1. The van der Waals surface area contributed by atoms with Crippen molar-refractivity contribution in [2.75, 3.05) is 17.2 Å². The van der Waals surface area contributed by atoms with Crippen LogP contribution in [0.4, 0.5) is 11.6 Å². The van der Waals surface area contributed by atoms with Gasteiger partial charge in [0.2, 0.25) is 11.1 Å². The predicted octanol–water partition coefficient (Wildman–Crippen LogP) is 6.51. The van der Waals surface area contributed by atoms with Crippen molar-refractivity contribution in [1.82, 2.24) is 14.8 Å². The maximum atomic E-state index is 13.8. The summed E-state index contributed by atoms with van der Waals surface area (Å²) in [4.78, 5) is 18.6. The molecule has 0 bridgehead atoms. The molecule has 1 aromatic heterocycles. The quantitative estimate of drug-likeness (QED) is 0.255. The third-order valence-electron chi connectivity index (χ3n) is 6.65. The first kappa shape index (κ1) is 25.6. The number of nitrogens with one attached hydrogen (secondary N) is 2. The molecule has 0 aliphatic carbocycles. The van der Waals surface area contributed by atoms with Crippen LogP contribution < -0.4 is 15.4 Å². The minimum Gasteiger partial charge on any atom is -0.494 e. The van der Waals surface area contributed by atoms with E-state index >= 15 is 0 Å². The molecule has 1 aliphatic rings. The number of hydrogen-bond acceptors (Lipinski definition) is 6. The van der Waals surface area contributed by atoms with Crippen molar-refractivity contribution in [1.29, 1.82) is 0 Å². The summed E-state index contributed by atoms with van der Waals surface area (Å²) in [6.45, 7) is 8.51. The molecular formula is C30H31N5O2S. The average molecular weight is 526 g/mol. The summed E-state index contributed by atoms with van der Waals surface area (Å²) < 4.78 is 7.47. The number of benzene rings is 3. The van der Waals surface area contributed by atoms with E-state index in [4.69, 9.17) is 14.8 Å². The van der Waals surface area contributed by atoms with Crippen LogP contribution in [0.2, 0.25) is 0 Å². The Morgan fingerprint density at radius 1 is 1.03 bits per heavy atom. The molecule has 5 rings (SSSR count). The number of carbonyl (C=O) groups is 1. The Hall–Kier alpha value is -4.04. The topological polar surface area (TPSA) is 81.1 Å². The molecular weight excluding hydrogens is 494 g/mol. The molecule has 3 aromatic carbocycles. The van der Waals surface area contributed by atoms with Gasteiger partial charge in [-0.25, -0.2) is 4.68 Å². The second-order valence-corrected chi connectivity index (χ2v) is 10.1. The molecule has 1 atom stereocenters. The Balaban J connectivity index is 1.50. The minimum atomic E-state index is -0.453. The summed E-state index contributed by atoms with van der Waals surface area (Å²) in [5.74, 6) is 1.97.